The predicted octanol–water partition coefficient (Wildman–Crippen LogP) is 2.83. The second-order valence-electron chi connectivity index (χ2n) is 5.05. The summed E-state index contributed by atoms with van der Waals surface area (Å²) in [7, 11) is -0.767. The summed E-state index contributed by atoms with van der Waals surface area (Å²) in [5.41, 5.74) is 0. The molecule has 1 atom stereocenters. The Labute approximate surface area is 112 Å². The van der Waals surface area contributed by atoms with Crippen LogP contribution in [0.25, 0.3) is 0 Å². The van der Waals surface area contributed by atoms with E-state index in [1.807, 2.05) is 12.1 Å². The first-order chi connectivity index (χ1) is 8.78. The monoisotopic (exact) mass is 269 g/mol. The summed E-state index contributed by atoms with van der Waals surface area (Å²) >= 11 is 0. The van der Waals surface area contributed by atoms with E-state index in [1.165, 1.54) is 25.7 Å². The summed E-state index contributed by atoms with van der Waals surface area (Å²) in [6, 6.07) is 3.93. The molecule has 1 fully saturated rings. The summed E-state index contributed by atoms with van der Waals surface area (Å²) in [6.07, 6.45) is 5.15. The molecule has 4 heteroatoms. The highest BCUT2D eigenvalue weighted by Crippen LogP contribution is 2.26. The largest absolute Gasteiger partial charge is 0.464 e. The second kappa shape index (κ2) is 7.10. The van der Waals surface area contributed by atoms with Crippen LogP contribution in [0.3, 0.4) is 0 Å². The third-order valence-corrected chi connectivity index (χ3v) is 4.92. The Morgan fingerprint density at radius 3 is 2.78 bits per heavy atom. The van der Waals surface area contributed by atoms with Crippen molar-refractivity contribution < 1.29 is 8.63 Å². The van der Waals surface area contributed by atoms with Gasteiger partial charge in [0.2, 0.25) is 0 Å². The highest BCUT2D eigenvalue weighted by atomic mass is 32.2. The number of nitrogens with one attached hydrogen (secondary N) is 1. The minimum absolute atomic E-state index is 0.572. The van der Waals surface area contributed by atoms with Gasteiger partial charge in [0.25, 0.3) is 0 Å². The van der Waals surface area contributed by atoms with Crippen molar-refractivity contribution in [2.24, 2.45) is 5.92 Å². The van der Waals surface area contributed by atoms with E-state index >= 15 is 0 Å². The van der Waals surface area contributed by atoms with E-state index in [9.17, 15) is 4.21 Å². The van der Waals surface area contributed by atoms with Gasteiger partial charge in [-0.2, -0.15) is 0 Å². The Morgan fingerprint density at radius 2 is 2.06 bits per heavy atom. The number of hydrogen-bond acceptors (Lipinski definition) is 3. The fourth-order valence-corrected chi connectivity index (χ4v) is 3.95. The molecule has 18 heavy (non-hydrogen) atoms. The van der Waals surface area contributed by atoms with Gasteiger partial charge >= 0.3 is 0 Å². The Kier molecular flexibility index (Phi) is 5.45. The van der Waals surface area contributed by atoms with Crippen LogP contribution in [0, 0.1) is 5.92 Å². The van der Waals surface area contributed by atoms with E-state index in [4.69, 9.17) is 4.42 Å². The molecule has 1 aromatic rings. The van der Waals surface area contributed by atoms with E-state index in [0.717, 1.165) is 30.4 Å². The van der Waals surface area contributed by atoms with Gasteiger partial charge in [-0.05, 0) is 37.4 Å². The smallest absolute Gasteiger partial charge is 0.118 e. The lowest BCUT2D eigenvalue weighted by Crippen LogP contribution is -2.11. The molecule has 0 radical (unpaired) electrons. The first-order valence-electron chi connectivity index (χ1n) is 6.91. The third kappa shape index (κ3) is 4.25. The first-order valence-corrected chi connectivity index (χ1v) is 8.40. The fourth-order valence-electron chi connectivity index (χ4n) is 2.50. The molecule has 1 saturated carbocycles. The second-order valence-corrected chi connectivity index (χ2v) is 6.55. The van der Waals surface area contributed by atoms with Crippen molar-refractivity contribution in [3.05, 3.63) is 23.7 Å². The molecule has 1 aliphatic rings. The fraction of sp³-hybridized carbons (Fsp3) is 0.714. The topological polar surface area (TPSA) is 42.2 Å². The van der Waals surface area contributed by atoms with Crippen LogP contribution in [0.4, 0.5) is 0 Å². The van der Waals surface area contributed by atoms with Crippen molar-refractivity contribution in [3.63, 3.8) is 0 Å². The van der Waals surface area contributed by atoms with Crippen molar-refractivity contribution in [1.29, 1.82) is 0 Å². The van der Waals surface area contributed by atoms with E-state index in [2.05, 4.69) is 12.2 Å². The molecular weight excluding hydrogens is 246 g/mol. The normalized spacial score (nSPS) is 18.3. The maximum Gasteiger partial charge on any atom is 0.118 e. The first kappa shape index (κ1) is 13.8. The van der Waals surface area contributed by atoms with Crippen LogP contribution in [0.15, 0.2) is 16.5 Å². The molecule has 0 aromatic carbocycles. The molecule has 0 bridgehead atoms. The average molecular weight is 269 g/mol. The molecule has 1 aliphatic carbocycles. The molecule has 3 nitrogen and oxygen atoms in total. The van der Waals surface area contributed by atoms with Gasteiger partial charge in [0, 0.05) is 16.6 Å². The van der Waals surface area contributed by atoms with Gasteiger partial charge in [0.1, 0.15) is 11.5 Å². The molecule has 0 saturated heterocycles. The van der Waals surface area contributed by atoms with Crippen LogP contribution in [0.2, 0.25) is 0 Å². The lowest BCUT2D eigenvalue weighted by atomic mass is 10.1. The Hall–Kier alpha value is -0.610. The van der Waals surface area contributed by atoms with Gasteiger partial charge in [0.05, 0.1) is 12.3 Å². The third-order valence-electron chi connectivity index (χ3n) is 3.47. The molecule has 0 spiro atoms. The van der Waals surface area contributed by atoms with Crippen LogP contribution in [-0.2, 0) is 23.1 Å². The predicted molar refractivity (Wildman–Crippen MR) is 74.8 cm³/mol. The molecule has 0 amide bonds. The SMILES string of the molecule is CCNCc1ccc(CS(=O)CC2CCCC2)o1. The van der Waals surface area contributed by atoms with Crippen molar-refractivity contribution in [1.82, 2.24) is 5.32 Å². The van der Waals surface area contributed by atoms with E-state index in [1.54, 1.807) is 0 Å². The van der Waals surface area contributed by atoms with E-state index in [-0.39, 0.29) is 0 Å². The Balaban J connectivity index is 1.77. The quantitative estimate of drug-likeness (QED) is 0.827. The summed E-state index contributed by atoms with van der Waals surface area (Å²) in [4.78, 5) is 0. The van der Waals surface area contributed by atoms with Crippen LogP contribution < -0.4 is 5.32 Å². The standard InChI is InChI=1S/C14H23NO2S/c1-2-15-9-13-7-8-14(17-13)11-18(16)10-12-5-3-4-6-12/h7-8,12,15H,2-6,9-11H2,1H3. The molecule has 1 unspecified atom stereocenters. The van der Waals surface area contributed by atoms with Gasteiger partial charge in [0.15, 0.2) is 0 Å². The van der Waals surface area contributed by atoms with Gasteiger partial charge in [-0.1, -0.05) is 19.8 Å². The Bertz CT molecular complexity index is 383. The summed E-state index contributed by atoms with van der Waals surface area (Å²) in [5.74, 6) is 3.90. The average Bonchev–Trinajstić information content (AvgIpc) is 2.98. The highest BCUT2D eigenvalue weighted by Gasteiger charge is 2.18. The molecule has 102 valence electrons. The molecule has 2 rings (SSSR count). The molecule has 0 aliphatic heterocycles. The van der Waals surface area contributed by atoms with Gasteiger partial charge < -0.3 is 9.73 Å². The van der Waals surface area contributed by atoms with Crippen LogP contribution in [-0.4, -0.2) is 16.5 Å². The maximum absolute atomic E-state index is 12.0. The maximum atomic E-state index is 12.0. The lowest BCUT2D eigenvalue weighted by Gasteiger charge is -2.07. The van der Waals surface area contributed by atoms with Gasteiger partial charge in [-0.15, -0.1) is 0 Å². The van der Waals surface area contributed by atoms with E-state index in [0.29, 0.717) is 11.7 Å². The van der Waals surface area contributed by atoms with Gasteiger partial charge in [-0.3, -0.25) is 4.21 Å². The minimum atomic E-state index is -0.767. The highest BCUT2D eigenvalue weighted by molar-refractivity contribution is 7.84. The van der Waals surface area contributed by atoms with E-state index < -0.39 is 10.8 Å². The van der Waals surface area contributed by atoms with Crippen LogP contribution >= 0.6 is 0 Å². The number of furan rings is 1. The van der Waals surface area contributed by atoms with Crippen molar-refractivity contribution in [3.8, 4) is 0 Å². The lowest BCUT2D eigenvalue weighted by molar-refractivity contribution is 0.461. The number of hydrogen-bond donors (Lipinski definition) is 1. The molecule has 1 aromatic heterocycles. The summed E-state index contributed by atoms with van der Waals surface area (Å²) < 4.78 is 17.7. The van der Waals surface area contributed by atoms with Gasteiger partial charge in [-0.25, -0.2) is 0 Å². The van der Waals surface area contributed by atoms with Crippen LogP contribution in [0.5, 0.6) is 0 Å². The van der Waals surface area contributed by atoms with Crippen molar-refractivity contribution in [2.75, 3.05) is 12.3 Å². The minimum Gasteiger partial charge on any atom is -0.464 e. The van der Waals surface area contributed by atoms with Crippen LogP contribution in [0.1, 0.15) is 44.1 Å². The zero-order chi connectivity index (χ0) is 12.8. The molecular formula is C14H23NO2S. The zero-order valence-electron chi connectivity index (χ0n) is 11.1. The van der Waals surface area contributed by atoms with Crippen molar-refractivity contribution in [2.45, 2.75) is 44.9 Å². The number of rotatable bonds is 7. The zero-order valence-corrected chi connectivity index (χ0v) is 11.9. The summed E-state index contributed by atoms with van der Waals surface area (Å²) in [5, 5.41) is 3.22. The molecule has 1 heterocycles. The Morgan fingerprint density at radius 1 is 1.33 bits per heavy atom. The molecule has 1 N–H and O–H groups in total. The summed E-state index contributed by atoms with van der Waals surface area (Å²) in [6.45, 7) is 3.76. The van der Waals surface area contributed by atoms with Crippen molar-refractivity contribution >= 4 is 10.8 Å².